The van der Waals surface area contributed by atoms with Crippen LogP contribution in [0.25, 0.3) is 0 Å². The van der Waals surface area contributed by atoms with Crippen molar-refractivity contribution < 1.29 is 5.11 Å². The number of halogens is 1. The van der Waals surface area contributed by atoms with Crippen LogP contribution in [-0.4, -0.2) is 34.5 Å². The summed E-state index contributed by atoms with van der Waals surface area (Å²) in [4.78, 5) is 2.16. The second-order valence-corrected chi connectivity index (χ2v) is 4.27. The molecule has 1 aliphatic heterocycles. The van der Waals surface area contributed by atoms with E-state index in [0.717, 1.165) is 18.8 Å². The van der Waals surface area contributed by atoms with E-state index in [4.69, 9.17) is 16.7 Å². The average molecular weight is 228 g/mol. The molecule has 82 valence electrons. The molecule has 1 aliphatic rings. The number of nitrogens with zero attached hydrogens (tertiary/aromatic N) is 3. The summed E-state index contributed by atoms with van der Waals surface area (Å²) in [5.41, 5.74) is 0. The van der Waals surface area contributed by atoms with E-state index in [1.807, 2.05) is 6.07 Å². The molecule has 0 radical (unpaired) electrons. The average Bonchev–Trinajstić information content (AvgIpc) is 2.61. The van der Waals surface area contributed by atoms with E-state index in [9.17, 15) is 0 Å². The van der Waals surface area contributed by atoms with Crippen molar-refractivity contribution >= 4 is 17.4 Å². The Balaban J connectivity index is 2.15. The fourth-order valence-electron chi connectivity index (χ4n) is 2.03. The lowest BCUT2D eigenvalue weighted by atomic mass is 10.0. The largest absolute Gasteiger partial charge is 0.396 e. The van der Waals surface area contributed by atoms with Gasteiger partial charge in [0, 0.05) is 25.1 Å². The Bertz CT molecular complexity index is 330. The summed E-state index contributed by atoms with van der Waals surface area (Å²) in [7, 11) is 0. The van der Waals surface area contributed by atoms with Gasteiger partial charge in [-0.3, -0.25) is 0 Å². The number of hydrogen-bond donors (Lipinski definition) is 1. The molecular weight excluding hydrogens is 214 g/mol. The molecule has 0 bridgehead atoms. The molecule has 2 heterocycles. The van der Waals surface area contributed by atoms with Gasteiger partial charge in [-0.05, 0) is 25.5 Å². The quantitative estimate of drug-likeness (QED) is 0.829. The first-order valence-corrected chi connectivity index (χ1v) is 5.47. The van der Waals surface area contributed by atoms with Crippen molar-refractivity contribution in [2.24, 2.45) is 5.92 Å². The number of hydrogen-bond acceptors (Lipinski definition) is 4. The van der Waals surface area contributed by atoms with Gasteiger partial charge in [0.05, 0.1) is 0 Å². The zero-order valence-corrected chi connectivity index (χ0v) is 9.35. The molecule has 1 N–H and O–H groups in total. The third-order valence-corrected chi connectivity index (χ3v) is 3.26. The van der Waals surface area contributed by atoms with Gasteiger partial charge >= 0.3 is 0 Å². The molecule has 1 fully saturated rings. The molecule has 2 rings (SSSR count). The van der Waals surface area contributed by atoms with Crippen molar-refractivity contribution in [1.82, 2.24) is 10.2 Å². The molecule has 0 spiro atoms. The first-order valence-electron chi connectivity index (χ1n) is 5.09. The molecule has 1 aromatic heterocycles. The van der Waals surface area contributed by atoms with Gasteiger partial charge in [0.25, 0.3) is 0 Å². The second kappa shape index (κ2) is 4.33. The van der Waals surface area contributed by atoms with Crippen LogP contribution in [0, 0.1) is 5.92 Å². The minimum atomic E-state index is 0.235. The number of aromatic nitrogens is 2. The molecule has 0 aromatic carbocycles. The number of anilines is 1. The normalized spacial score (nSPS) is 25.9. The molecule has 0 amide bonds. The monoisotopic (exact) mass is 227 g/mol. The summed E-state index contributed by atoms with van der Waals surface area (Å²) in [6, 6.07) is 3.92. The van der Waals surface area contributed by atoms with Crippen LogP contribution in [0.1, 0.15) is 13.3 Å². The van der Waals surface area contributed by atoms with E-state index in [1.54, 1.807) is 6.07 Å². The molecule has 4 nitrogen and oxygen atoms in total. The van der Waals surface area contributed by atoms with Crippen molar-refractivity contribution in [2.75, 3.05) is 18.1 Å². The molecule has 0 aliphatic carbocycles. The van der Waals surface area contributed by atoms with Crippen LogP contribution in [0.5, 0.6) is 0 Å². The van der Waals surface area contributed by atoms with Crippen molar-refractivity contribution in [3.05, 3.63) is 17.3 Å². The maximum Gasteiger partial charge on any atom is 0.151 e. The first-order chi connectivity index (χ1) is 7.22. The zero-order valence-electron chi connectivity index (χ0n) is 8.60. The SMILES string of the molecule is CC1C(CO)CCN1c1ccc(Cl)nn1. The predicted molar refractivity (Wildman–Crippen MR) is 59.0 cm³/mol. The highest BCUT2D eigenvalue weighted by molar-refractivity contribution is 6.29. The van der Waals surface area contributed by atoms with Gasteiger partial charge in [0.2, 0.25) is 0 Å². The van der Waals surface area contributed by atoms with Gasteiger partial charge in [-0.1, -0.05) is 11.6 Å². The standard InChI is InChI=1S/C10H14ClN3O/c1-7-8(6-15)4-5-14(7)10-3-2-9(11)12-13-10/h2-3,7-8,15H,4-6H2,1H3. The number of aliphatic hydroxyl groups excluding tert-OH is 1. The molecule has 5 heteroatoms. The fourth-order valence-corrected chi connectivity index (χ4v) is 2.13. The van der Waals surface area contributed by atoms with E-state index in [-0.39, 0.29) is 6.61 Å². The van der Waals surface area contributed by atoms with Gasteiger partial charge < -0.3 is 10.0 Å². The Morgan fingerprint density at radius 3 is 2.87 bits per heavy atom. The van der Waals surface area contributed by atoms with Crippen LogP contribution in [0.4, 0.5) is 5.82 Å². The molecule has 1 saturated heterocycles. The molecule has 15 heavy (non-hydrogen) atoms. The zero-order chi connectivity index (χ0) is 10.8. The Hall–Kier alpha value is -0.870. The smallest absolute Gasteiger partial charge is 0.151 e. The van der Waals surface area contributed by atoms with Crippen molar-refractivity contribution in [2.45, 2.75) is 19.4 Å². The highest BCUT2D eigenvalue weighted by atomic mass is 35.5. The summed E-state index contributed by atoms with van der Waals surface area (Å²) < 4.78 is 0. The topological polar surface area (TPSA) is 49.2 Å². The molecular formula is C10H14ClN3O. The lowest BCUT2D eigenvalue weighted by Gasteiger charge is -2.24. The lowest BCUT2D eigenvalue weighted by molar-refractivity contribution is 0.221. The van der Waals surface area contributed by atoms with E-state index in [1.165, 1.54) is 0 Å². The van der Waals surface area contributed by atoms with E-state index < -0.39 is 0 Å². The van der Waals surface area contributed by atoms with Crippen LogP contribution in [0.15, 0.2) is 12.1 Å². The molecule has 1 aromatic rings. The summed E-state index contributed by atoms with van der Waals surface area (Å²) in [6.45, 7) is 3.26. The van der Waals surface area contributed by atoms with Gasteiger partial charge in [-0.25, -0.2) is 0 Å². The lowest BCUT2D eigenvalue weighted by Crippen LogP contribution is -2.31. The van der Waals surface area contributed by atoms with E-state index >= 15 is 0 Å². The predicted octanol–water partition coefficient (Wildman–Crippen LogP) is 1.34. The Kier molecular flexibility index (Phi) is 3.07. The van der Waals surface area contributed by atoms with Crippen molar-refractivity contribution in [3.8, 4) is 0 Å². The van der Waals surface area contributed by atoms with E-state index in [0.29, 0.717) is 17.1 Å². The van der Waals surface area contributed by atoms with Crippen molar-refractivity contribution in [3.63, 3.8) is 0 Å². The van der Waals surface area contributed by atoms with Crippen LogP contribution >= 0.6 is 11.6 Å². The van der Waals surface area contributed by atoms with Crippen LogP contribution in [0.3, 0.4) is 0 Å². The summed E-state index contributed by atoms with van der Waals surface area (Å²) in [5, 5.41) is 17.4. The van der Waals surface area contributed by atoms with Crippen LogP contribution in [-0.2, 0) is 0 Å². The fraction of sp³-hybridized carbons (Fsp3) is 0.600. The molecule has 2 atom stereocenters. The Morgan fingerprint density at radius 2 is 2.33 bits per heavy atom. The number of aliphatic hydroxyl groups is 1. The number of rotatable bonds is 2. The van der Waals surface area contributed by atoms with Gasteiger partial charge in [0.1, 0.15) is 0 Å². The van der Waals surface area contributed by atoms with Crippen LogP contribution < -0.4 is 4.90 Å². The van der Waals surface area contributed by atoms with Crippen LogP contribution in [0.2, 0.25) is 5.15 Å². The minimum Gasteiger partial charge on any atom is -0.396 e. The summed E-state index contributed by atoms with van der Waals surface area (Å²) in [5.74, 6) is 1.17. The minimum absolute atomic E-state index is 0.235. The van der Waals surface area contributed by atoms with E-state index in [2.05, 4.69) is 22.0 Å². The highest BCUT2D eigenvalue weighted by Gasteiger charge is 2.30. The molecule has 0 saturated carbocycles. The van der Waals surface area contributed by atoms with Gasteiger partial charge in [-0.2, -0.15) is 0 Å². The maximum atomic E-state index is 9.16. The third kappa shape index (κ3) is 2.06. The first kappa shape index (κ1) is 10.6. The van der Waals surface area contributed by atoms with Crippen molar-refractivity contribution in [1.29, 1.82) is 0 Å². The van der Waals surface area contributed by atoms with Gasteiger partial charge in [0.15, 0.2) is 11.0 Å². The maximum absolute atomic E-state index is 9.16. The highest BCUT2D eigenvalue weighted by Crippen LogP contribution is 2.27. The third-order valence-electron chi connectivity index (χ3n) is 3.06. The Labute approximate surface area is 93.9 Å². The summed E-state index contributed by atoms with van der Waals surface area (Å²) in [6.07, 6.45) is 1.00. The second-order valence-electron chi connectivity index (χ2n) is 3.88. The van der Waals surface area contributed by atoms with Gasteiger partial charge in [-0.15, -0.1) is 10.2 Å². The Morgan fingerprint density at radius 1 is 1.53 bits per heavy atom. The molecule has 2 unspecified atom stereocenters. The summed E-state index contributed by atoms with van der Waals surface area (Å²) >= 11 is 5.68.